The number of rotatable bonds is 14. The summed E-state index contributed by atoms with van der Waals surface area (Å²) in [6.07, 6.45) is 1.12. The van der Waals surface area contributed by atoms with Gasteiger partial charge in [0, 0.05) is 6.54 Å². The van der Waals surface area contributed by atoms with Gasteiger partial charge in [-0.2, -0.15) is 0 Å². The fourth-order valence-corrected chi connectivity index (χ4v) is 3.67. The van der Waals surface area contributed by atoms with Crippen molar-refractivity contribution >= 4 is 23.7 Å². The summed E-state index contributed by atoms with van der Waals surface area (Å²) in [5.41, 5.74) is 11.3. The monoisotopic (exact) mass is 516 g/mol. The van der Waals surface area contributed by atoms with Crippen LogP contribution in [0.3, 0.4) is 0 Å². The molecule has 2 rings (SSSR count). The number of guanidine groups is 1. The highest BCUT2D eigenvalue weighted by molar-refractivity contribution is 5.95. The van der Waals surface area contributed by atoms with E-state index >= 15 is 0 Å². The zero-order valence-corrected chi connectivity index (χ0v) is 21.6. The molecule has 2 aromatic rings. The Labute approximate surface area is 215 Å². The van der Waals surface area contributed by atoms with Crippen molar-refractivity contribution in [1.29, 1.82) is 0 Å². The third kappa shape index (κ3) is 9.47. The van der Waals surface area contributed by atoms with Crippen LogP contribution in [-0.4, -0.2) is 53.5 Å². The van der Waals surface area contributed by atoms with Crippen LogP contribution in [0.5, 0.6) is 5.75 Å². The fraction of sp³-hybridized carbons (Fsp3) is 0.480. The number of carboxylic acid groups (broad SMARTS) is 1. The van der Waals surface area contributed by atoms with Crippen molar-refractivity contribution in [2.75, 3.05) is 13.7 Å². The highest BCUT2D eigenvalue weighted by atomic mass is 16.5. The third-order valence-corrected chi connectivity index (χ3v) is 5.42. The first kappa shape index (κ1) is 29.1. The molecule has 2 amide bonds. The summed E-state index contributed by atoms with van der Waals surface area (Å²) >= 11 is 0. The molecular formula is C25H36N6O6. The maximum atomic E-state index is 12.8. The van der Waals surface area contributed by atoms with Crippen LogP contribution in [0.4, 0.5) is 0 Å². The van der Waals surface area contributed by atoms with Gasteiger partial charge in [0.2, 0.25) is 11.8 Å². The normalized spacial score (nSPS) is 12.5. The second-order valence-corrected chi connectivity index (χ2v) is 9.05. The average Bonchev–Trinajstić information content (AvgIpc) is 3.21. The van der Waals surface area contributed by atoms with E-state index in [0.29, 0.717) is 18.6 Å². The number of carboxylic acids is 1. The van der Waals surface area contributed by atoms with Crippen molar-refractivity contribution in [2.45, 2.75) is 58.5 Å². The molecule has 0 bridgehead atoms. The Hall–Kier alpha value is -4.09. The number of hydrogen-bond acceptors (Lipinski definition) is 7. The van der Waals surface area contributed by atoms with Crippen LogP contribution in [0.15, 0.2) is 33.7 Å². The number of ether oxygens (including phenoxy) is 1. The molecule has 2 atom stereocenters. The van der Waals surface area contributed by atoms with Gasteiger partial charge in [0.15, 0.2) is 11.7 Å². The number of methoxy groups -OCH3 is 1. The zero-order valence-electron chi connectivity index (χ0n) is 21.6. The van der Waals surface area contributed by atoms with E-state index in [1.807, 2.05) is 19.9 Å². The Balaban J connectivity index is 2.13. The van der Waals surface area contributed by atoms with Gasteiger partial charge in [-0.15, -0.1) is 0 Å². The number of aryl methyl sites for hydroxylation is 1. The highest BCUT2D eigenvalue weighted by Crippen LogP contribution is 2.24. The number of aromatic nitrogens is 1. The number of benzene rings is 1. The molecule has 7 N–H and O–H groups in total. The number of aliphatic carboxylic acids is 1. The SMILES string of the molecule is COc1cccc(CC(=O)N[C@@H](CC(C)C)c2nc(C(=O)N[C@@H](CCCN=C(N)N)C(=O)O)c(C)o2)c1. The summed E-state index contributed by atoms with van der Waals surface area (Å²) in [7, 11) is 1.56. The topological polar surface area (TPSA) is 195 Å². The standard InChI is InChI=1S/C25H36N6O6/c1-14(2)11-19(29-20(32)13-16-7-5-8-17(12-16)36-4)23-31-21(15(3)37-23)22(33)30-18(24(34)35)9-6-10-28-25(26)27/h5,7-8,12,14,18-19H,6,9-11,13H2,1-4H3,(H,29,32)(H,30,33)(H,34,35)(H4,26,27,28)/t18-,19-/m0/s1. The number of carbonyl (C=O) groups excluding carboxylic acids is 2. The molecule has 12 heteroatoms. The van der Waals surface area contributed by atoms with E-state index < -0.39 is 24.0 Å². The number of nitrogens with one attached hydrogen (secondary N) is 2. The van der Waals surface area contributed by atoms with Gasteiger partial charge in [-0.3, -0.25) is 14.6 Å². The second kappa shape index (κ2) is 13.9. The first-order valence-electron chi connectivity index (χ1n) is 12.0. The smallest absolute Gasteiger partial charge is 0.326 e. The Morgan fingerprint density at radius 2 is 1.95 bits per heavy atom. The largest absolute Gasteiger partial charge is 0.497 e. The Bertz CT molecular complexity index is 1110. The Morgan fingerprint density at radius 1 is 1.22 bits per heavy atom. The van der Waals surface area contributed by atoms with E-state index in [9.17, 15) is 19.5 Å². The van der Waals surface area contributed by atoms with Crippen LogP contribution in [0.2, 0.25) is 0 Å². The minimum Gasteiger partial charge on any atom is -0.497 e. The minimum atomic E-state index is -1.19. The summed E-state index contributed by atoms with van der Waals surface area (Å²) in [6.45, 7) is 5.78. The predicted octanol–water partition coefficient (Wildman–Crippen LogP) is 1.67. The maximum absolute atomic E-state index is 12.8. The molecule has 1 aromatic heterocycles. The first-order chi connectivity index (χ1) is 17.5. The molecule has 0 radical (unpaired) electrons. The Morgan fingerprint density at radius 3 is 2.57 bits per heavy atom. The van der Waals surface area contributed by atoms with E-state index in [0.717, 1.165) is 5.56 Å². The molecule has 1 heterocycles. The van der Waals surface area contributed by atoms with E-state index in [2.05, 4.69) is 20.6 Å². The summed E-state index contributed by atoms with van der Waals surface area (Å²) < 4.78 is 11.0. The summed E-state index contributed by atoms with van der Waals surface area (Å²) in [6, 6.07) is 5.48. The summed E-state index contributed by atoms with van der Waals surface area (Å²) in [4.78, 5) is 45.4. The molecule has 0 unspecified atom stereocenters. The van der Waals surface area contributed by atoms with Gasteiger partial charge in [-0.25, -0.2) is 9.78 Å². The quantitative estimate of drug-likeness (QED) is 0.141. The number of amides is 2. The maximum Gasteiger partial charge on any atom is 0.326 e. The van der Waals surface area contributed by atoms with E-state index in [1.54, 1.807) is 32.2 Å². The predicted molar refractivity (Wildman–Crippen MR) is 137 cm³/mol. The van der Waals surface area contributed by atoms with Crippen LogP contribution < -0.4 is 26.8 Å². The number of nitrogens with zero attached hydrogens (tertiary/aromatic N) is 2. The molecule has 0 aliphatic carbocycles. The lowest BCUT2D eigenvalue weighted by Crippen LogP contribution is -2.41. The molecular weight excluding hydrogens is 480 g/mol. The lowest BCUT2D eigenvalue weighted by molar-refractivity contribution is -0.139. The molecule has 12 nitrogen and oxygen atoms in total. The van der Waals surface area contributed by atoms with Gasteiger partial charge in [0.05, 0.1) is 13.5 Å². The highest BCUT2D eigenvalue weighted by Gasteiger charge is 2.28. The molecule has 0 aliphatic rings. The molecule has 37 heavy (non-hydrogen) atoms. The number of oxazole rings is 1. The summed E-state index contributed by atoms with van der Waals surface area (Å²) in [5.74, 6) is -0.981. The van der Waals surface area contributed by atoms with E-state index in [1.165, 1.54) is 0 Å². The molecule has 202 valence electrons. The van der Waals surface area contributed by atoms with Gasteiger partial charge in [0.25, 0.3) is 5.91 Å². The number of carbonyl (C=O) groups is 3. The number of hydrogen-bond donors (Lipinski definition) is 5. The van der Waals surface area contributed by atoms with Crippen molar-refractivity contribution < 1.29 is 28.6 Å². The average molecular weight is 517 g/mol. The van der Waals surface area contributed by atoms with Crippen LogP contribution in [0, 0.1) is 12.8 Å². The van der Waals surface area contributed by atoms with Crippen LogP contribution >= 0.6 is 0 Å². The minimum absolute atomic E-state index is 0.0405. The fourth-order valence-electron chi connectivity index (χ4n) is 3.67. The number of aliphatic imine (C=N–C) groups is 1. The van der Waals surface area contributed by atoms with Gasteiger partial charge in [-0.1, -0.05) is 26.0 Å². The van der Waals surface area contributed by atoms with Gasteiger partial charge >= 0.3 is 5.97 Å². The summed E-state index contributed by atoms with van der Waals surface area (Å²) in [5, 5.41) is 14.9. The molecule has 0 fully saturated rings. The lowest BCUT2D eigenvalue weighted by atomic mass is 10.0. The van der Waals surface area contributed by atoms with Crippen LogP contribution in [0.25, 0.3) is 0 Å². The zero-order chi connectivity index (χ0) is 27.5. The van der Waals surface area contributed by atoms with Crippen molar-refractivity contribution in [3.05, 3.63) is 47.2 Å². The Kier molecular flexibility index (Phi) is 10.9. The second-order valence-electron chi connectivity index (χ2n) is 9.05. The molecule has 0 saturated carbocycles. The van der Waals surface area contributed by atoms with Crippen LogP contribution in [-0.2, 0) is 16.0 Å². The van der Waals surface area contributed by atoms with Crippen molar-refractivity contribution in [2.24, 2.45) is 22.4 Å². The van der Waals surface area contributed by atoms with Crippen molar-refractivity contribution in [1.82, 2.24) is 15.6 Å². The molecule has 0 aliphatic heterocycles. The van der Waals surface area contributed by atoms with Crippen LogP contribution in [0.1, 0.15) is 66.9 Å². The van der Waals surface area contributed by atoms with Gasteiger partial charge in [-0.05, 0) is 49.8 Å². The van der Waals surface area contributed by atoms with Crippen molar-refractivity contribution in [3.8, 4) is 5.75 Å². The number of nitrogens with two attached hydrogens (primary N) is 2. The van der Waals surface area contributed by atoms with E-state index in [-0.39, 0.29) is 54.5 Å². The molecule has 0 saturated heterocycles. The van der Waals surface area contributed by atoms with Gasteiger partial charge < -0.3 is 36.4 Å². The third-order valence-electron chi connectivity index (χ3n) is 5.42. The lowest BCUT2D eigenvalue weighted by Gasteiger charge is -2.18. The molecule has 1 aromatic carbocycles. The van der Waals surface area contributed by atoms with E-state index in [4.69, 9.17) is 20.6 Å². The van der Waals surface area contributed by atoms with Crippen molar-refractivity contribution in [3.63, 3.8) is 0 Å². The molecule has 0 spiro atoms. The first-order valence-corrected chi connectivity index (χ1v) is 12.0. The van der Waals surface area contributed by atoms with Gasteiger partial charge in [0.1, 0.15) is 23.6 Å².